The van der Waals surface area contributed by atoms with Crippen LogP contribution in [-0.2, 0) is 0 Å². The molecule has 0 spiro atoms. The molecule has 1 unspecified atom stereocenters. The molecule has 2 heterocycles. The number of fused-ring (bicyclic) bond motifs is 1. The van der Waals surface area contributed by atoms with Gasteiger partial charge in [0, 0.05) is 18.2 Å². The van der Waals surface area contributed by atoms with Crippen molar-refractivity contribution in [1.82, 2.24) is 4.98 Å². The lowest BCUT2D eigenvalue weighted by Crippen LogP contribution is -2.19. The monoisotopic (exact) mass is 206 g/mol. The van der Waals surface area contributed by atoms with Crippen LogP contribution in [0.1, 0.15) is 32.4 Å². The maximum Gasteiger partial charge on any atom is 0.160 e. The summed E-state index contributed by atoms with van der Waals surface area (Å²) in [6.45, 7) is 8.26. The van der Waals surface area contributed by atoms with Crippen molar-refractivity contribution in [2.45, 2.75) is 26.7 Å². The molecule has 0 radical (unpaired) electrons. The largest absolute Gasteiger partial charge is 0.488 e. The number of anilines is 1. The van der Waals surface area contributed by atoms with E-state index in [0.29, 0.717) is 11.8 Å². The smallest absolute Gasteiger partial charge is 0.160 e. The fourth-order valence-corrected chi connectivity index (χ4v) is 1.65. The predicted octanol–water partition coefficient (Wildman–Crippen LogP) is 2.65. The Bertz CT molecular complexity index is 349. The summed E-state index contributed by atoms with van der Waals surface area (Å²) in [5, 5.41) is 3.33. The molecule has 0 amide bonds. The molecule has 2 rings (SSSR count). The summed E-state index contributed by atoms with van der Waals surface area (Å²) in [4.78, 5) is 4.45. The van der Waals surface area contributed by atoms with Crippen LogP contribution in [0.25, 0.3) is 0 Å². The number of rotatable bonds is 2. The topological polar surface area (TPSA) is 34.1 Å². The van der Waals surface area contributed by atoms with Crippen molar-refractivity contribution in [3.05, 3.63) is 18.0 Å². The van der Waals surface area contributed by atoms with Gasteiger partial charge in [0.25, 0.3) is 0 Å². The lowest BCUT2D eigenvalue weighted by Gasteiger charge is -2.21. The zero-order valence-corrected chi connectivity index (χ0v) is 9.58. The van der Waals surface area contributed by atoms with E-state index >= 15 is 0 Å². The third-order valence-corrected chi connectivity index (χ3v) is 3.03. The van der Waals surface area contributed by atoms with Crippen LogP contribution in [0.5, 0.6) is 5.75 Å². The number of hydrogen-bond acceptors (Lipinski definition) is 3. The first-order valence-electron chi connectivity index (χ1n) is 5.55. The van der Waals surface area contributed by atoms with Crippen molar-refractivity contribution in [2.24, 2.45) is 5.92 Å². The molecule has 0 saturated heterocycles. The molecule has 3 nitrogen and oxygen atoms in total. The van der Waals surface area contributed by atoms with Crippen molar-refractivity contribution in [1.29, 1.82) is 0 Å². The van der Waals surface area contributed by atoms with Crippen molar-refractivity contribution >= 4 is 5.69 Å². The molecular weight excluding hydrogens is 188 g/mol. The van der Waals surface area contributed by atoms with Gasteiger partial charge < -0.3 is 10.1 Å². The van der Waals surface area contributed by atoms with E-state index in [-0.39, 0.29) is 0 Å². The van der Waals surface area contributed by atoms with Gasteiger partial charge in [-0.15, -0.1) is 0 Å². The Labute approximate surface area is 90.9 Å². The van der Waals surface area contributed by atoms with Gasteiger partial charge >= 0.3 is 0 Å². The zero-order chi connectivity index (χ0) is 10.8. The average Bonchev–Trinajstić information content (AvgIpc) is 2.27. The van der Waals surface area contributed by atoms with Gasteiger partial charge in [0.2, 0.25) is 0 Å². The van der Waals surface area contributed by atoms with E-state index in [9.17, 15) is 0 Å². The second-order valence-electron chi connectivity index (χ2n) is 4.41. The fraction of sp³-hybridized carbons (Fsp3) is 0.583. The van der Waals surface area contributed by atoms with Crippen LogP contribution in [-0.4, -0.2) is 18.1 Å². The first-order chi connectivity index (χ1) is 7.18. The van der Waals surface area contributed by atoms with Crippen LogP contribution in [0.2, 0.25) is 0 Å². The van der Waals surface area contributed by atoms with Crippen LogP contribution in [0.4, 0.5) is 5.69 Å². The lowest BCUT2D eigenvalue weighted by molar-refractivity contribution is 0.321. The van der Waals surface area contributed by atoms with Gasteiger partial charge in [0.05, 0.1) is 11.9 Å². The number of nitrogens with zero attached hydrogens (tertiary/aromatic N) is 1. The summed E-state index contributed by atoms with van der Waals surface area (Å²) in [6, 6.07) is 2.11. The van der Waals surface area contributed by atoms with Crippen molar-refractivity contribution in [3.8, 4) is 5.75 Å². The summed E-state index contributed by atoms with van der Waals surface area (Å²) in [5.41, 5.74) is 2.22. The first kappa shape index (κ1) is 10.3. The molecule has 1 aliphatic heterocycles. The predicted molar refractivity (Wildman–Crippen MR) is 61.5 cm³/mol. The lowest BCUT2D eigenvalue weighted by atomic mass is 9.94. The Morgan fingerprint density at radius 1 is 1.40 bits per heavy atom. The Morgan fingerprint density at radius 2 is 2.20 bits per heavy atom. The summed E-state index contributed by atoms with van der Waals surface area (Å²) in [6.07, 6.45) is 1.83. The molecule has 3 heteroatoms. The highest BCUT2D eigenvalue weighted by Gasteiger charge is 2.16. The van der Waals surface area contributed by atoms with E-state index in [4.69, 9.17) is 4.74 Å². The summed E-state index contributed by atoms with van der Waals surface area (Å²) >= 11 is 0. The highest BCUT2D eigenvalue weighted by molar-refractivity contribution is 5.57. The van der Waals surface area contributed by atoms with Crippen molar-refractivity contribution in [3.63, 3.8) is 0 Å². The van der Waals surface area contributed by atoms with Crippen LogP contribution >= 0.6 is 0 Å². The van der Waals surface area contributed by atoms with E-state index in [1.54, 1.807) is 0 Å². The Kier molecular flexibility index (Phi) is 2.80. The van der Waals surface area contributed by atoms with E-state index in [1.807, 2.05) is 6.20 Å². The Balaban J connectivity index is 2.27. The average molecular weight is 206 g/mol. The summed E-state index contributed by atoms with van der Waals surface area (Å²) < 4.78 is 5.49. The molecule has 0 aromatic carbocycles. The highest BCUT2D eigenvalue weighted by atomic mass is 16.5. The van der Waals surface area contributed by atoms with E-state index in [0.717, 1.165) is 30.3 Å². The number of nitrogens with one attached hydrogen (secondary N) is 1. The first-order valence-corrected chi connectivity index (χ1v) is 5.55. The minimum Gasteiger partial charge on any atom is -0.488 e. The maximum absolute atomic E-state index is 5.49. The minimum absolute atomic E-state index is 0.485. The van der Waals surface area contributed by atoms with Crippen LogP contribution in [0.3, 0.4) is 0 Å². The molecule has 1 aliphatic rings. The van der Waals surface area contributed by atoms with E-state index < -0.39 is 0 Å². The molecule has 0 bridgehead atoms. The van der Waals surface area contributed by atoms with Crippen molar-refractivity contribution < 1.29 is 4.74 Å². The molecule has 1 aromatic heterocycles. The molecule has 0 aliphatic carbocycles. The summed E-state index contributed by atoms with van der Waals surface area (Å²) in [5.74, 6) is 1.97. The molecule has 82 valence electrons. The van der Waals surface area contributed by atoms with Crippen molar-refractivity contribution in [2.75, 3.05) is 18.5 Å². The molecular formula is C12H18N2O. The molecule has 0 saturated carbocycles. The van der Waals surface area contributed by atoms with Gasteiger partial charge in [-0.25, -0.2) is 0 Å². The number of ether oxygens (including phenoxy) is 1. The van der Waals surface area contributed by atoms with Gasteiger partial charge in [-0.05, 0) is 12.0 Å². The number of pyridine rings is 1. The van der Waals surface area contributed by atoms with Gasteiger partial charge in [-0.2, -0.15) is 0 Å². The van der Waals surface area contributed by atoms with Gasteiger partial charge in [0.1, 0.15) is 6.61 Å². The molecule has 1 aromatic rings. The number of hydrogen-bond donors (Lipinski definition) is 1. The Morgan fingerprint density at radius 3 is 2.93 bits per heavy atom. The van der Waals surface area contributed by atoms with Crippen LogP contribution < -0.4 is 10.1 Å². The fourth-order valence-electron chi connectivity index (χ4n) is 1.65. The van der Waals surface area contributed by atoms with Crippen LogP contribution in [0, 0.1) is 5.92 Å². The maximum atomic E-state index is 5.49. The third kappa shape index (κ3) is 2.06. The SMILES string of the molecule is CC(C)C(C)c1cc2c(cn1)OCCN2. The third-order valence-electron chi connectivity index (χ3n) is 3.03. The highest BCUT2D eigenvalue weighted by Crippen LogP contribution is 2.30. The van der Waals surface area contributed by atoms with Gasteiger partial charge in [-0.3, -0.25) is 4.98 Å². The Hall–Kier alpha value is -1.25. The van der Waals surface area contributed by atoms with E-state index in [1.165, 1.54) is 0 Å². The second-order valence-corrected chi connectivity index (χ2v) is 4.41. The second kappa shape index (κ2) is 4.09. The molecule has 0 fully saturated rings. The number of aromatic nitrogens is 1. The van der Waals surface area contributed by atoms with Gasteiger partial charge in [-0.1, -0.05) is 20.8 Å². The quantitative estimate of drug-likeness (QED) is 0.807. The minimum atomic E-state index is 0.485. The zero-order valence-electron chi connectivity index (χ0n) is 9.58. The molecule has 1 atom stereocenters. The normalized spacial score (nSPS) is 16.5. The standard InChI is InChI=1S/C12H18N2O/c1-8(2)9(3)10-6-11-12(7-14-10)15-5-4-13-11/h6-9,13H,4-5H2,1-3H3. The van der Waals surface area contributed by atoms with Gasteiger partial charge in [0.15, 0.2) is 5.75 Å². The van der Waals surface area contributed by atoms with Crippen LogP contribution in [0.15, 0.2) is 12.3 Å². The molecule has 15 heavy (non-hydrogen) atoms. The van der Waals surface area contributed by atoms with E-state index in [2.05, 4.69) is 37.1 Å². The molecule has 1 N–H and O–H groups in total. The summed E-state index contributed by atoms with van der Waals surface area (Å²) in [7, 11) is 0.